The second-order valence-corrected chi connectivity index (χ2v) is 6.33. The number of benzene rings is 1. The Balaban J connectivity index is 2.39. The summed E-state index contributed by atoms with van der Waals surface area (Å²) in [7, 11) is 0. The molecule has 0 aromatic heterocycles. The van der Waals surface area contributed by atoms with E-state index >= 15 is 0 Å². The summed E-state index contributed by atoms with van der Waals surface area (Å²) in [6, 6.07) is 8.41. The highest BCUT2D eigenvalue weighted by molar-refractivity contribution is 5.38. The predicted molar refractivity (Wildman–Crippen MR) is 87.7 cm³/mol. The molecule has 0 bridgehead atoms. The fraction of sp³-hybridized carbons (Fsp3) is 0.667. The van der Waals surface area contributed by atoms with Crippen LogP contribution in [0.2, 0.25) is 0 Å². The largest absolute Gasteiger partial charge is 0.493 e. The van der Waals surface area contributed by atoms with Crippen LogP contribution in [-0.4, -0.2) is 31.1 Å². The molecule has 0 N–H and O–H groups in total. The Hall–Kier alpha value is -1.02. The molecule has 0 fully saturated rings. The molecule has 0 amide bonds. The molecule has 1 rings (SSSR count). The van der Waals surface area contributed by atoms with Crippen molar-refractivity contribution >= 4 is 0 Å². The van der Waals surface area contributed by atoms with Crippen molar-refractivity contribution in [1.82, 2.24) is 4.90 Å². The van der Waals surface area contributed by atoms with Crippen LogP contribution in [-0.2, 0) is 5.41 Å². The first-order valence-electron chi connectivity index (χ1n) is 7.93. The summed E-state index contributed by atoms with van der Waals surface area (Å²) in [5, 5.41) is 0. The molecular weight excluding hydrogens is 246 g/mol. The van der Waals surface area contributed by atoms with Gasteiger partial charge in [-0.1, -0.05) is 52.8 Å². The van der Waals surface area contributed by atoms with E-state index in [4.69, 9.17) is 4.74 Å². The summed E-state index contributed by atoms with van der Waals surface area (Å²) in [6.45, 7) is 15.4. The van der Waals surface area contributed by atoms with Gasteiger partial charge in [0.25, 0.3) is 0 Å². The predicted octanol–water partition coefficient (Wildman–Crippen LogP) is 4.48. The van der Waals surface area contributed by atoms with Crippen molar-refractivity contribution in [3.8, 4) is 5.75 Å². The lowest BCUT2D eigenvalue weighted by atomic mass is 9.86. The van der Waals surface area contributed by atoms with Crippen LogP contribution in [0.4, 0.5) is 0 Å². The van der Waals surface area contributed by atoms with Crippen LogP contribution in [0.5, 0.6) is 5.75 Å². The van der Waals surface area contributed by atoms with Crippen LogP contribution in [0.25, 0.3) is 0 Å². The van der Waals surface area contributed by atoms with E-state index in [1.54, 1.807) is 0 Å². The van der Waals surface area contributed by atoms with E-state index in [0.717, 1.165) is 31.9 Å². The van der Waals surface area contributed by atoms with E-state index in [1.807, 2.05) is 0 Å². The van der Waals surface area contributed by atoms with Gasteiger partial charge in [-0.25, -0.2) is 0 Å². The van der Waals surface area contributed by atoms with E-state index in [0.29, 0.717) is 0 Å². The molecule has 0 aliphatic heterocycles. The first-order chi connectivity index (χ1) is 9.49. The summed E-state index contributed by atoms with van der Waals surface area (Å²) in [5.74, 6) is 1.04. The van der Waals surface area contributed by atoms with Crippen molar-refractivity contribution < 1.29 is 4.74 Å². The third-order valence-corrected chi connectivity index (χ3v) is 3.72. The number of unbranched alkanes of at least 4 members (excludes halogenated alkanes) is 1. The monoisotopic (exact) mass is 277 g/mol. The Bertz CT molecular complexity index is 377. The fourth-order valence-electron chi connectivity index (χ4n) is 2.37. The van der Waals surface area contributed by atoms with Gasteiger partial charge in [0, 0.05) is 0 Å². The highest BCUT2D eigenvalue weighted by Crippen LogP contribution is 2.30. The van der Waals surface area contributed by atoms with Crippen molar-refractivity contribution in [2.75, 3.05) is 26.2 Å². The highest BCUT2D eigenvalue weighted by atomic mass is 16.5. The molecule has 0 spiro atoms. The van der Waals surface area contributed by atoms with E-state index in [-0.39, 0.29) is 5.41 Å². The quantitative estimate of drug-likeness (QED) is 0.649. The average Bonchev–Trinajstić information content (AvgIpc) is 2.42. The standard InChI is InChI=1S/C18H31NO/c1-6-19(7-2)14-10-11-15-20-17-13-9-8-12-16(17)18(3,4)5/h8-9,12-13H,6-7,10-11,14-15H2,1-5H3. The summed E-state index contributed by atoms with van der Waals surface area (Å²) >= 11 is 0. The minimum atomic E-state index is 0.137. The van der Waals surface area contributed by atoms with Gasteiger partial charge in [0.2, 0.25) is 0 Å². The third kappa shape index (κ3) is 5.54. The van der Waals surface area contributed by atoms with E-state index in [2.05, 4.69) is 63.8 Å². The minimum Gasteiger partial charge on any atom is -0.493 e. The van der Waals surface area contributed by atoms with Crippen LogP contribution >= 0.6 is 0 Å². The third-order valence-electron chi connectivity index (χ3n) is 3.72. The number of hydrogen-bond donors (Lipinski definition) is 0. The van der Waals surface area contributed by atoms with Crippen molar-refractivity contribution in [1.29, 1.82) is 0 Å². The first-order valence-corrected chi connectivity index (χ1v) is 7.93. The molecule has 114 valence electrons. The zero-order valence-corrected chi connectivity index (χ0v) is 13.9. The molecule has 0 saturated carbocycles. The molecule has 1 aromatic carbocycles. The van der Waals surface area contributed by atoms with Gasteiger partial charge in [0.05, 0.1) is 6.61 Å². The molecule has 2 heteroatoms. The van der Waals surface area contributed by atoms with Crippen LogP contribution < -0.4 is 4.74 Å². The lowest BCUT2D eigenvalue weighted by Crippen LogP contribution is -2.24. The molecule has 0 atom stereocenters. The average molecular weight is 277 g/mol. The van der Waals surface area contributed by atoms with Crippen LogP contribution in [0.3, 0.4) is 0 Å². The van der Waals surface area contributed by atoms with Crippen molar-refractivity contribution in [2.24, 2.45) is 0 Å². The fourth-order valence-corrected chi connectivity index (χ4v) is 2.37. The molecule has 20 heavy (non-hydrogen) atoms. The van der Waals surface area contributed by atoms with Gasteiger partial charge in [-0.2, -0.15) is 0 Å². The molecule has 0 saturated heterocycles. The molecule has 0 aliphatic rings. The second kappa shape index (κ2) is 8.31. The normalized spacial score (nSPS) is 11.9. The SMILES string of the molecule is CCN(CC)CCCCOc1ccccc1C(C)(C)C. The lowest BCUT2D eigenvalue weighted by molar-refractivity contribution is 0.263. The highest BCUT2D eigenvalue weighted by Gasteiger charge is 2.18. The van der Waals surface area contributed by atoms with Gasteiger partial charge in [-0.3, -0.25) is 0 Å². The first kappa shape index (κ1) is 17.0. The van der Waals surface area contributed by atoms with Gasteiger partial charge in [0.1, 0.15) is 5.75 Å². The summed E-state index contributed by atoms with van der Waals surface area (Å²) < 4.78 is 5.99. The number of ether oxygens (including phenoxy) is 1. The van der Waals surface area contributed by atoms with Gasteiger partial charge >= 0.3 is 0 Å². The Kier molecular flexibility index (Phi) is 7.08. The maximum atomic E-state index is 5.99. The Morgan fingerprint density at radius 1 is 1.00 bits per heavy atom. The summed E-state index contributed by atoms with van der Waals surface area (Å²) in [6.07, 6.45) is 2.33. The van der Waals surface area contributed by atoms with Gasteiger partial charge < -0.3 is 9.64 Å². The summed E-state index contributed by atoms with van der Waals surface area (Å²) in [5.41, 5.74) is 1.43. The van der Waals surface area contributed by atoms with Crippen LogP contribution in [0.1, 0.15) is 53.0 Å². The van der Waals surface area contributed by atoms with Gasteiger partial charge in [0.15, 0.2) is 0 Å². The van der Waals surface area contributed by atoms with Crippen LogP contribution in [0, 0.1) is 0 Å². The molecule has 1 aromatic rings. The maximum Gasteiger partial charge on any atom is 0.123 e. The number of rotatable bonds is 8. The lowest BCUT2D eigenvalue weighted by Gasteiger charge is -2.23. The topological polar surface area (TPSA) is 12.5 Å². The number of para-hydroxylation sites is 1. The Morgan fingerprint density at radius 2 is 1.65 bits per heavy atom. The maximum absolute atomic E-state index is 5.99. The van der Waals surface area contributed by atoms with Gasteiger partial charge in [-0.15, -0.1) is 0 Å². The minimum absolute atomic E-state index is 0.137. The van der Waals surface area contributed by atoms with Gasteiger partial charge in [-0.05, 0) is 49.5 Å². The van der Waals surface area contributed by atoms with E-state index < -0.39 is 0 Å². The molecular formula is C18H31NO. The van der Waals surface area contributed by atoms with Crippen molar-refractivity contribution in [2.45, 2.75) is 52.9 Å². The van der Waals surface area contributed by atoms with E-state index in [1.165, 1.54) is 18.5 Å². The molecule has 0 aliphatic carbocycles. The zero-order valence-electron chi connectivity index (χ0n) is 13.9. The molecule has 2 nitrogen and oxygen atoms in total. The Morgan fingerprint density at radius 3 is 2.25 bits per heavy atom. The summed E-state index contributed by atoms with van der Waals surface area (Å²) in [4.78, 5) is 2.46. The van der Waals surface area contributed by atoms with Crippen molar-refractivity contribution in [3.63, 3.8) is 0 Å². The second-order valence-electron chi connectivity index (χ2n) is 6.33. The van der Waals surface area contributed by atoms with E-state index in [9.17, 15) is 0 Å². The zero-order chi connectivity index (χ0) is 15.0. The number of hydrogen-bond acceptors (Lipinski definition) is 2. The molecule has 0 heterocycles. The Labute approximate surface area is 125 Å². The molecule has 0 radical (unpaired) electrons. The molecule has 0 unspecified atom stereocenters. The van der Waals surface area contributed by atoms with Crippen LogP contribution in [0.15, 0.2) is 24.3 Å². The number of nitrogens with zero attached hydrogens (tertiary/aromatic N) is 1. The van der Waals surface area contributed by atoms with Crippen molar-refractivity contribution in [3.05, 3.63) is 29.8 Å². The smallest absolute Gasteiger partial charge is 0.123 e.